The SMILES string of the molecule is CCn1nc(C)cc1COC(=O)c1cc(C)cc(N)c1. The number of hydrogen-bond acceptors (Lipinski definition) is 4. The van der Waals surface area contributed by atoms with E-state index in [2.05, 4.69) is 5.10 Å². The summed E-state index contributed by atoms with van der Waals surface area (Å²) in [6, 6.07) is 7.12. The van der Waals surface area contributed by atoms with Crippen molar-refractivity contribution < 1.29 is 9.53 Å². The van der Waals surface area contributed by atoms with Gasteiger partial charge in [0, 0.05) is 12.2 Å². The first-order chi connectivity index (χ1) is 9.49. The number of rotatable bonds is 4. The molecular formula is C15H19N3O2. The molecule has 0 spiro atoms. The lowest BCUT2D eigenvalue weighted by atomic mass is 10.1. The van der Waals surface area contributed by atoms with Gasteiger partial charge in [0.1, 0.15) is 6.61 Å². The molecule has 0 fully saturated rings. The Labute approximate surface area is 118 Å². The summed E-state index contributed by atoms with van der Waals surface area (Å²) in [5.41, 5.74) is 9.51. The number of nitrogens with zero attached hydrogens (tertiary/aromatic N) is 2. The molecule has 5 heteroatoms. The third-order valence-electron chi connectivity index (χ3n) is 2.97. The average molecular weight is 273 g/mol. The Morgan fingerprint density at radius 1 is 1.30 bits per heavy atom. The van der Waals surface area contributed by atoms with Crippen LogP contribution >= 0.6 is 0 Å². The highest BCUT2D eigenvalue weighted by molar-refractivity contribution is 5.90. The normalized spacial score (nSPS) is 10.6. The molecule has 0 radical (unpaired) electrons. The summed E-state index contributed by atoms with van der Waals surface area (Å²) >= 11 is 0. The number of ether oxygens (including phenoxy) is 1. The molecule has 5 nitrogen and oxygen atoms in total. The van der Waals surface area contributed by atoms with Gasteiger partial charge in [-0.3, -0.25) is 4.68 Å². The van der Waals surface area contributed by atoms with Crippen molar-refractivity contribution in [3.05, 3.63) is 46.8 Å². The fraction of sp³-hybridized carbons (Fsp3) is 0.333. The highest BCUT2D eigenvalue weighted by Gasteiger charge is 2.11. The molecule has 2 aromatic rings. The lowest BCUT2D eigenvalue weighted by Gasteiger charge is -2.07. The van der Waals surface area contributed by atoms with Crippen LogP contribution in [0.1, 0.15) is 34.2 Å². The number of carbonyl (C=O) groups excluding carboxylic acids is 1. The molecule has 0 bridgehead atoms. The van der Waals surface area contributed by atoms with Crippen molar-refractivity contribution in [3.63, 3.8) is 0 Å². The topological polar surface area (TPSA) is 70.1 Å². The van der Waals surface area contributed by atoms with E-state index in [-0.39, 0.29) is 12.6 Å². The first-order valence-corrected chi connectivity index (χ1v) is 6.57. The molecular weight excluding hydrogens is 254 g/mol. The van der Waals surface area contributed by atoms with E-state index in [0.717, 1.165) is 23.5 Å². The Kier molecular flexibility index (Phi) is 4.08. The maximum Gasteiger partial charge on any atom is 0.338 e. The van der Waals surface area contributed by atoms with Crippen LogP contribution < -0.4 is 5.73 Å². The first kappa shape index (κ1) is 14.1. The van der Waals surface area contributed by atoms with Crippen LogP contribution in [0.5, 0.6) is 0 Å². The van der Waals surface area contributed by atoms with Gasteiger partial charge in [-0.1, -0.05) is 0 Å². The number of hydrogen-bond donors (Lipinski definition) is 1. The van der Waals surface area contributed by atoms with Crippen molar-refractivity contribution in [2.75, 3.05) is 5.73 Å². The fourth-order valence-corrected chi connectivity index (χ4v) is 2.14. The van der Waals surface area contributed by atoms with Gasteiger partial charge in [0.2, 0.25) is 0 Å². The molecule has 0 unspecified atom stereocenters. The molecule has 1 heterocycles. The first-order valence-electron chi connectivity index (χ1n) is 6.57. The maximum absolute atomic E-state index is 12.0. The van der Waals surface area contributed by atoms with Crippen molar-refractivity contribution in [3.8, 4) is 0 Å². The lowest BCUT2D eigenvalue weighted by molar-refractivity contribution is 0.0462. The smallest absolute Gasteiger partial charge is 0.338 e. The van der Waals surface area contributed by atoms with Crippen LogP contribution in [0.2, 0.25) is 0 Å². The molecule has 0 aliphatic heterocycles. The van der Waals surface area contributed by atoms with Crippen molar-refractivity contribution in [1.82, 2.24) is 9.78 Å². The summed E-state index contributed by atoms with van der Waals surface area (Å²) < 4.78 is 7.15. The van der Waals surface area contributed by atoms with E-state index < -0.39 is 0 Å². The van der Waals surface area contributed by atoms with E-state index >= 15 is 0 Å². The molecule has 0 aliphatic carbocycles. The summed E-state index contributed by atoms with van der Waals surface area (Å²) in [5.74, 6) is -0.373. The zero-order valence-electron chi connectivity index (χ0n) is 12.0. The summed E-state index contributed by atoms with van der Waals surface area (Å²) in [4.78, 5) is 12.0. The summed E-state index contributed by atoms with van der Waals surface area (Å²) in [5, 5.41) is 4.31. The minimum absolute atomic E-state index is 0.210. The molecule has 0 aliphatic rings. The van der Waals surface area contributed by atoms with Gasteiger partial charge < -0.3 is 10.5 Å². The van der Waals surface area contributed by atoms with E-state index in [9.17, 15) is 4.79 Å². The number of nitrogen functional groups attached to an aromatic ring is 1. The number of nitrogens with two attached hydrogens (primary N) is 1. The van der Waals surface area contributed by atoms with Crippen molar-refractivity contribution in [2.45, 2.75) is 33.9 Å². The van der Waals surface area contributed by atoms with Crippen LogP contribution in [0.15, 0.2) is 24.3 Å². The zero-order chi connectivity index (χ0) is 14.7. The van der Waals surface area contributed by atoms with Crippen LogP contribution in [-0.2, 0) is 17.9 Å². The van der Waals surface area contributed by atoms with Gasteiger partial charge >= 0.3 is 5.97 Å². The zero-order valence-corrected chi connectivity index (χ0v) is 12.0. The molecule has 0 atom stereocenters. The number of carbonyl (C=O) groups is 1. The Bertz CT molecular complexity index is 612. The minimum Gasteiger partial charge on any atom is -0.456 e. The van der Waals surface area contributed by atoms with E-state index in [0.29, 0.717) is 11.3 Å². The molecule has 0 saturated heterocycles. The second-order valence-corrected chi connectivity index (χ2v) is 4.80. The molecule has 2 N–H and O–H groups in total. The van der Waals surface area contributed by atoms with Crippen LogP contribution in [0.3, 0.4) is 0 Å². The van der Waals surface area contributed by atoms with Gasteiger partial charge in [-0.15, -0.1) is 0 Å². The summed E-state index contributed by atoms with van der Waals surface area (Å²) in [7, 11) is 0. The molecule has 20 heavy (non-hydrogen) atoms. The van der Waals surface area contributed by atoms with Crippen LogP contribution in [-0.4, -0.2) is 15.7 Å². The highest BCUT2D eigenvalue weighted by atomic mass is 16.5. The van der Waals surface area contributed by atoms with Crippen LogP contribution in [0, 0.1) is 13.8 Å². The number of anilines is 1. The molecule has 0 saturated carbocycles. The van der Waals surface area contributed by atoms with Gasteiger partial charge in [-0.2, -0.15) is 5.10 Å². The van der Waals surface area contributed by atoms with E-state index in [1.54, 1.807) is 12.1 Å². The Morgan fingerprint density at radius 2 is 2.05 bits per heavy atom. The second kappa shape index (κ2) is 5.77. The summed E-state index contributed by atoms with van der Waals surface area (Å²) in [6.07, 6.45) is 0. The van der Waals surface area contributed by atoms with Gasteiger partial charge in [0.15, 0.2) is 0 Å². The van der Waals surface area contributed by atoms with Gasteiger partial charge in [-0.05, 0) is 50.6 Å². The van der Waals surface area contributed by atoms with Crippen molar-refractivity contribution >= 4 is 11.7 Å². The molecule has 106 valence electrons. The fourth-order valence-electron chi connectivity index (χ4n) is 2.14. The number of aromatic nitrogens is 2. The molecule has 1 aromatic carbocycles. The van der Waals surface area contributed by atoms with Crippen LogP contribution in [0.25, 0.3) is 0 Å². The molecule has 2 rings (SSSR count). The quantitative estimate of drug-likeness (QED) is 0.686. The Balaban J connectivity index is 2.08. The van der Waals surface area contributed by atoms with E-state index in [4.69, 9.17) is 10.5 Å². The third kappa shape index (κ3) is 3.17. The van der Waals surface area contributed by atoms with Gasteiger partial charge in [0.25, 0.3) is 0 Å². The highest BCUT2D eigenvalue weighted by Crippen LogP contribution is 2.13. The van der Waals surface area contributed by atoms with Crippen molar-refractivity contribution in [1.29, 1.82) is 0 Å². The van der Waals surface area contributed by atoms with E-state index in [1.165, 1.54) is 0 Å². The summed E-state index contributed by atoms with van der Waals surface area (Å²) in [6.45, 7) is 6.76. The maximum atomic E-state index is 12.0. The van der Waals surface area contributed by atoms with Crippen molar-refractivity contribution in [2.24, 2.45) is 0 Å². The Morgan fingerprint density at radius 3 is 2.70 bits per heavy atom. The largest absolute Gasteiger partial charge is 0.456 e. The lowest BCUT2D eigenvalue weighted by Crippen LogP contribution is -2.10. The Hall–Kier alpha value is -2.30. The standard InChI is InChI=1S/C15H19N3O2/c1-4-18-14(7-11(3)17-18)9-20-15(19)12-5-10(2)6-13(16)8-12/h5-8H,4,9,16H2,1-3H3. The predicted octanol–water partition coefficient (Wildman–Crippen LogP) is 2.46. The van der Waals surface area contributed by atoms with Gasteiger partial charge in [0.05, 0.1) is 17.0 Å². The molecule has 0 amide bonds. The number of esters is 1. The minimum atomic E-state index is -0.373. The third-order valence-corrected chi connectivity index (χ3v) is 2.97. The van der Waals surface area contributed by atoms with Gasteiger partial charge in [-0.25, -0.2) is 4.79 Å². The van der Waals surface area contributed by atoms with Crippen LogP contribution in [0.4, 0.5) is 5.69 Å². The average Bonchev–Trinajstić information content (AvgIpc) is 2.75. The second-order valence-electron chi connectivity index (χ2n) is 4.80. The number of benzene rings is 1. The van der Waals surface area contributed by atoms with E-state index in [1.807, 2.05) is 37.6 Å². The molecule has 1 aromatic heterocycles. The monoisotopic (exact) mass is 273 g/mol. The number of aryl methyl sites for hydroxylation is 3. The predicted molar refractivity (Wildman–Crippen MR) is 77.3 cm³/mol.